The van der Waals surface area contributed by atoms with Crippen molar-refractivity contribution in [3.63, 3.8) is 0 Å². The number of hydrogen-bond acceptors (Lipinski definition) is 1. The molecule has 0 aliphatic heterocycles. The summed E-state index contributed by atoms with van der Waals surface area (Å²) in [5.41, 5.74) is -12.3. The van der Waals surface area contributed by atoms with Crippen LogP contribution in [-0.4, -0.2) is 30.2 Å². The van der Waals surface area contributed by atoms with E-state index in [0.29, 0.717) is 5.75 Å². The number of halogens is 20. The van der Waals surface area contributed by atoms with Gasteiger partial charge < -0.3 is 0 Å². The average Bonchev–Trinajstić information content (AvgIpc) is 3.17. The number of Topliss-reactive ketones (excluding diaryl/α,β-unsaturated/α-hetero) is 1. The second-order valence-electron chi connectivity index (χ2n) is 12.2. The summed E-state index contributed by atoms with van der Waals surface area (Å²) in [5, 5.41) is 0. The van der Waals surface area contributed by atoms with Crippen molar-refractivity contribution in [3.8, 4) is 0 Å². The van der Waals surface area contributed by atoms with E-state index in [1.54, 1.807) is 0 Å². The van der Waals surface area contributed by atoms with Gasteiger partial charge in [0.1, 0.15) is 52.7 Å². The number of aryl methyl sites for hydroxylation is 1. The van der Waals surface area contributed by atoms with Gasteiger partial charge in [0.05, 0.1) is 12.5 Å². The van der Waals surface area contributed by atoms with Crippen LogP contribution >= 0.6 is 0 Å². The normalized spacial score (nSPS) is 11.7. The summed E-state index contributed by atoms with van der Waals surface area (Å²) in [6, 6.07) is 7.79. The SMILES string of the molecule is Cc1cccc(C(=O)C[S+](C)C)c1.Fc1c(F)c(F)c([B-](c2c(F)c(F)c(F)c(F)c2F)(c2c(F)c(F)c(F)c(F)c2F)c2c(F)c(F)c(F)c(F)c2F)c(F)c1F. The lowest BCUT2D eigenvalue weighted by Gasteiger charge is -2.44. The molecule has 58 heavy (non-hydrogen) atoms. The molecular formula is C35H15BF20OS. The quantitative estimate of drug-likeness (QED) is 0.0407. The van der Waals surface area contributed by atoms with Crippen LogP contribution in [-0.2, 0) is 10.9 Å². The van der Waals surface area contributed by atoms with Gasteiger partial charge in [0, 0.05) is 5.56 Å². The van der Waals surface area contributed by atoms with E-state index >= 15 is 35.1 Å². The summed E-state index contributed by atoms with van der Waals surface area (Å²) < 4.78 is 294. The number of hydrogen-bond donors (Lipinski definition) is 0. The number of carbonyl (C=O) groups is 1. The summed E-state index contributed by atoms with van der Waals surface area (Å²) in [4.78, 5) is 11.6. The lowest BCUT2D eigenvalue weighted by molar-refractivity contribution is 0.102. The van der Waals surface area contributed by atoms with E-state index in [1.165, 1.54) is 0 Å². The van der Waals surface area contributed by atoms with Crippen LogP contribution in [0.25, 0.3) is 0 Å². The summed E-state index contributed by atoms with van der Waals surface area (Å²) in [7, 11) is 0.198. The third-order valence-corrected chi connectivity index (χ3v) is 9.31. The minimum Gasteiger partial charge on any atom is -0.289 e. The Balaban J connectivity index is 0.000000486. The molecule has 0 aromatic heterocycles. The Bertz CT molecular complexity index is 2120. The summed E-state index contributed by atoms with van der Waals surface area (Å²) >= 11 is 0. The van der Waals surface area contributed by atoms with Crippen molar-refractivity contribution >= 4 is 44.7 Å². The zero-order valence-corrected chi connectivity index (χ0v) is 29.3. The maximum absolute atomic E-state index is 15.4. The van der Waals surface area contributed by atoms with E-state index in [9.17, 15) is 57.5 Å². The molecule has 0 atom stereocenters. The second kappa shape index (κ2) is 16.6. The van der Waals surface area contributed by atoms with E-state index in [2.05, 4.69) is 12.5 Å². The Kier molecular flexibility index (Phi) is 13.0. The Morgan fingerprint density at radius 2 is 0.638 bits per heavy atom. The lowest BCUT2D eigenvalue weighted by atomic mass is 9.12. The van der Waals surface area contributed by atoms with Crippen LogP contribution in [0.1, 0.15) is 15.9 Å². The van der Waals surface area contributed by atoms with E-state index in [-0.39, 0.29) is 16.7 Å². The predicted octanol–water partition coefficient (Wildman–Crippen LogP) is 7.90. The van der Waals surface area contributed by atoms with Crippen molar-refractivity contribution in [2.24, 2.45) is 0 Å². The van der Waals surface area contributed by atoms with Gasteiger partial charge in [-0.3, -0.25) is 4.79 Å². The van der Waals surface area contributed by atoms with Crippen molar-refractivity contribution in [2.45, 2.75) is 6.92 Å². The first-order valence-electron chi connectivity index (χ1n) is 15.2. The standard InChI is InChI=1S/C24BF20.C11H15OS/c26-5-1(6(27)14(35)21(42)13(5)34)25(2-7(28)15(36)22(43)16(37)8(2)29,3-9(30)17(38)23(44)18(39)10(3)31)4-11(32)19(40)24(45)20(41)12(4)33;1-9-5-4-6-10(7-9)11(12)8-13(2)3/h;4-7H,8H2,1-3H3/q-1;+1. The number of benzene rings is 5. The van der Waals surface area contributed by atoms with Gasteiger partial charge >= 0.3 is 0 Å². The molecule has 0 saturated carbocycles. The molecule has 0 aliphatic carbocycles. The van der Waals surface area contributed by atoms with Crippen molar-refractivity contribution in [1.82, 2.24) is 0 Å². The minimum absolute atomic E-state index is 0.198. The van der Waals surface area contributed by atoms with Crippen LogP contribution in [0.5, 0.6) is 0 Å². The molecule has 5 aromatic carbocycles. The molecule has 23 heteroatoms. The Morgan fingerprint density at radius 1 is 0.414 bits per heavy atom. The first kappa shape index (κ1) is 45.5. The lowest BCUT2D eigenvalue weighted by Crippen LogP contribution is -2.81. The Labute approximate surface area is 314 Å². The van der Waals surface area contributed by atoms with Crippen LogP contribution in [0, 0.1) is 123 Å². The molecule has 310 valence electrons. The number of rotatable bonds is 7. The predicted molar refractivity (Wildman–Crippen MR) is 169 cm³/mol. The maximum atomic E-state index is 15.4. The summed E-state index contributed by atoms with van der Waals surface area (Å²) in [5.74, 6) is -70.5. The van der Waals surface area contributed by atoms with Crippen LogP contribution in [0.3, 0.4) is 0 Å². The van der Waals surface area contributed by atoms with Crippen molar-refractivity contribution in [1.29, 1.82) is 0 Å². The third kappa shape index (κ3) is 7.14. The molecule has 0 radical (unpaired) electrons. The third-order valence-electron chi connectivity index (χ3n) is 8.47. The van der Waals surface area contributed by atoms with Crippen molar-refractivity contribution in [2.75, 3.05) is 18.3 Å². The smallest absolute Gasteiger partial charge is 0.211 e. The van der Waals surface area contributed by atoms with E-state index < -0.39 is 144 Å². The highest BCUT2D eigenvalue weighted by Crippen LogP contribution is 2.30. The molecule has 0 aliphatic rings. The molecular weight excluding hydrogens is 859 g/mol. The van der Waals surface area contributed by atoms with Gasteiger partial charge in [0.25, 0.3) is 0 Å². The zero-order chi connectivity index (χ0) is 44.2. The Hall–Kier alpha value is -5.22. The molecule has 0 spiro atoms. The molecule has 5 rings (SSSR count). The fraction of sp³-hybridized carbons (Fsp3) is 0.114. The summed E-state index contributed by atoms with van der Waals surface area (Å²) in [6.07, 6.45) is -3.04. The Morgan fingerprint density at radius 3 is 0.845 bits per heavy atom. The highest BCUT2D eigenvalue weighted by atomic mass is 32.2. The topological polar surface area (TPSA) is 17.1 Å². The van der Waals surface area contributed by atoms with Crippen LogP contribution in [0.2, 0.25) is 0 Å². The molecule has 0 unspecified atom stereocenters. The monoisotopic (exact) mass is 874 g/mol. The van der Waals surface area contributed by atoms with Crippen molar-refractivity contribution in [3.05, 3.63) is 152 Å². The fourth-order valence-electron chi connectivity index (χ4n) is 6.04. The minimum atomic E-state index is -7.22. The van der Waals surface area contributed by atoms with Crippen LogP contribution in [0.15, 0.2) is 24.3 Å². The molecule has 5 aromatic rings. The zero-order valence-electron chi connectivity index (χ0n) is 28.5. The fourth-order valence-corrected chi connectivity index (χ4v) is 6.73. The largest absolute Gasteiger partial charge is 0.289 e. The van der Waals surface area contributed by atoms with Gasteiger partial charge in [-0.15, -0.1) is 21.9 Å². The number of carbonyl (C=O) groups excluding carboxylic acids is 1. The molecule has 0 fully saturated rings. The molecule has 1 nitrogen and oxygen atoms in total. The van der Waals surface area contributed by atoms with Gasteiger partial charge in [0.2, 0.25) is 5.78 Å². The molecule has 0 N–H and O–H groups in total. The van der Waals surface area contributed by atoms with Crippen LogP contribution < -0.4 is 21.9 Å². The van der Waals surface area contributed by atoms with Gasteiger partial charge in [-0.05, 0) is 23.9 Å². The maximum Gasteiger partial charge on any atom is 0.211 e. The van der Waals surface area contributed by atoms with Gasteiger partial charge in [0.15, 0.2) is 75.6 Å². The molecule has 0 saturated heterocycles. The van der Waals surface area contributed by atoms with Crippen LogP contribution in [0.4, 0.5) is 87.8 Å². The van der Waals surface area contributed by atoms with Gasteiger partial charge in [-0.2, -0.15) is 0 Å². The van der Waals surface area contributed by atoms with Gasteiger partial charge in [-0.1, -0.05) is 23.8 Å². The molecule has 0 bridgehead atoms. The van der Waals surface area contributed by atoms with E-state index in [4.69, 9.17) is 0 Å². The van der Waals surface area contributed by atoms with Gasteiger partial charge in [-0.25, -0.2) is 87.8 Å². The number of ketones is 1. The molecule has 0 amide bonds. The second-order valence-corrected chi connectivity index (χ2v) is 14.5. The molecule has 0 heterocycles. The average molecular weight is 874 g/mol. The first-order chi connectivity index (χ1) is 26.8. The van der Waals surface area contributed by atoms with E-state index in [1.807, 2.05) is 31.2 Å². The first-order valence-corrected chi connectivity index (χ1v) is 17.4. The summed E-state index contributed by atoms with van der Waals surface area (Å²) in [6.45, 7) is 2.01. The van der Waals surface area contributed by atoms with Crippen molar-refractivity contribution < 1.29 is 92.6 Å². The van der Waals surface area contributed by atoms with E-state index in [0.717, 1.165) is 11.1 Å². The highest BCUT2D eigenvalue weighted by molar-refractivity contribution is 7.96. The highest BCUT2D eigenvalue weighted by Gasteiger charge is 2.52.